The highest BCUT2D eigenvalue weighted by Crippen LogP contribution is 2.45. The van der Waals surface area contributed by atoms with Crippen molar-refractivity contribution >= 4 is 33.8 Å². The predicted octanol–water partition coefficient (Wildman–Crippen LogP) is 5.17. The number of aromatic nitrogens is 2. The first kappa shape index (κ1) is 14.8. The Bertz CT molecular complexity index is 1160. The van der Waals surface area contributed by atoms with Crippen LogP contribution >= 0.6 is 12.0 Å². The number of rotatable bonds is 3. The van der Waals surface area contributed by atoms with Crippen molar-refractivity contribution in [3.63, 3.8) is 0 Å². The second-order valence-corrected chi connectivity index (χ2v) is 6.70. The lowest BCUT2D eigenvalue weighted by atomic mass is 10.0. The standard InChI is InChI=1S/C19H12N2O3S/c1-10-8-14-15(9-16(10)25-24-23-22)21-19-13-7-3-5-11-4-2-6-12(17(11)13)18(19)20-14/h2-9,22H,1H3. The Morgan fingerprint density at radius 3 is 2.20 bits per heavy atom. The summed E-state index contributed by atoms with van der Waals surface area (Å²) in [4.78, 5) is 10.6. The molecule has 5 rings (SSSR count). The van der Waals surface area contributed by atoms with Crippen LogP contribution in [0.25, 0.3) is 44.3 Å². The van der Waals surface area contributed by atoms with Crippen molar-refractivity contribution in [2.24, 2.45) is 0 Å². The molecule has 122 valence electrons. The summed E-state index contributed by atoms with van der Waals surface area (Å²) >= 11 is 0.937. The molecule has 1 aliphatic rings. The Balaban J connectivity index is 1.78. The van der Waals surface area contributed by atoms with Gasteiger partial charge in [0.15, 0.2) is 0 Å². The van der Waals surface area contributed by atoms with Crippen LogP contribution in [0.1, 0.15) is 5.56 Å². The molecule has 1 aromatic heterocycles. The monoisotopic (exact) mass is 348 g/mol. The minimum Gasteiger partial charge on any atom is -0.244 e. The second kappa shape index (κ2) is 5.50. The van der Waals surface area contributed by atoms with E-state index in [2.05, 4.69) is 39.7 Å². The van der Waals surface area contributed by atoms with Gasteiger partial charge in [0, 0.05) is 21.4 Å². The van der Waals surface area contributed by atoms with E-state index in [1.807, 2.05) is 25.1 Å². The molecule has 0 aliphatic heterocycles. The minimum absolute atomic E-state index is 0.776. The summed E-state index contributed by atoms with van der Waals surface area (Å²) in [5.41, 5.74) is 6.64. The SMILES string of the molecule is Cc1cc2nc3c(nc2cc1SOOO)-c1cccc2cccc-3c12. The van der Waals surface area contributed by atoms with Crippen LogP contribution in [0.5, 0.6) is 0 Å². The summed E-state index contributed by atoms with van der Waals surface area (Å²) < 4.78 is 4.56. The summed E-state index contributed by atoms with van der Waals surface area (Å²) in [5.74, 6) is 0. The summed E-state index contributed by atoms with van der Waals surface area (Å²) in [6.07, 6.45) is 0. The minimum atomic E-state index is 0.776. The van der Waals surface area contributed by atoms with Crippen molar-refractivity contribution in [3.8, 4) is 22.5 Å². The van der Waals surface area contributed by atoms with Crippen LogP contribution < -0.4 is 0 Å². The molecule has 0 saturated heterocycles. The lowest BCUT2D eigenvalue weighted by Crippen LogP contribution is -1.93. The molecule has 0 amide bonds. The summed E-state index contributed by atoms with van der Waals surface area (Å²) in [6.45, 7) is 1.95. The maximum atomic E-state index is 8.37. The van der Waals surface area contributed by atoms with Crippen LogP contribution in [0.2, 0.25) is 0 Å². The van der Waals surface area contributed by atoms with Crippen molar-refractivity contribution in [1.29, 1.82) is 0 Å². The van der Waals surface area contributed by atoms with E-state index in [-0.39, 0.29) is 0 Å². The zero-order valence-corrected chi connectivity index (χ0v) is 14.0. The van der Waals surface area contributed by atoms with Crippen molar-refractivity contribution < 1.29 is 14.6 Å². The van der Waals surface area contributed by atoms with E-state index in [0.29, 0.717) is 0 Å². The van der Waals surface area contributed by atoms with Gasteiger partial charge >= 0.3 is 0 Å². The number of nitrogens with zero attached hydrogens (tertiary/aromatic N) is 2. The van der Waals surface area contributed by atoms with Crippen LogP contribution in [0.4, 0.5) is 0 Å². The number of aryl methyl sites for hydroxylation is 1. The van der Waals surface area contributed by atoms with Crippen LogP contribution in [-0.4, -0.2) is 15.2 Å². The number of hydrogen-bond donors (Lipinski definition) is 1. The molecule has 1 N–H and O–H groups in total. The average Bonchev–Trinajstić information content (AvgIpc) is 2.94. The summed E-state index contributed by atoms with van der Waals surface area (Å²) in [7, 11) is 0. The molecule has 0 radical (unpaired) electrons. The van der Waals surface area contributed by atoms with E-state index >= 15 is 0 Å². The topological polar surface area (TPSA) is 64.5 Å². The number of fused-ring (bicyclic) bond motifs is 4. The van der Waals surface area contributed by atoms with Gasteiger partial charge in [0.05, 0.1) is 34.5 Å². The van der Waals surface area contributed by atoms with Crippen molar-refractivity contribution in [3.05, 3.63) is 54.1 Å². The maximum absolute atomic E-state index is 8.37. The van der Waals surface area contributed by atoms with Gasteiger partial charge in [0.2, 0.25) is 0 Å². The Morgan fingerprint density at radius 2 is 1.56 bits per heavy atom. The predicted molar refractivity (Wildman–Crippen MR) is 96.9 cm³/mol. The Morgan fingerprint density at radius 1 is 0.920 bits per heavy atom. The summed E-state index contributed by atoms with van der Waals surface area (Å²) in [5, 5.41) is 14.5. The molecule has 5 nitrogen and oxygen atoms in total. The molecule has 3 aromatic carbocycles. The third kappa shape index (κ3) is 2.16. The smallest absolute Gasteiger partial charge is 0.0979 e. The number of hydrogen-bond acceptors (Lipinski definition) is 6. The van der Waals surface area contributed by atoms with Gasteiger partial charge in [-0.05, 0) is 30.0 Å². The third-order valence-electron chi connectivity index (χ3n) is 4.53. The third-order valence-corrected chi connectivity index (χ3v) is 5.28. The van der Waals surface area contributed by atoms with Crippen molar-refractivity contribution in [2.45, 2.75) is 11.8 Å². The molecule has 0 unspecified atom stereocenters. The highest BCUT2D eigenvalue weighted by Gasteiger charge is 2.24. The Hall–Kier alpha value is -2.51. The van der Waals surface area contributed by atoms with Gasteiger partial charge < -0.3 is 0 Å². The van der Waals surface area contributed by atoms with Crippen LogP contribution in [0.3, 0.4) is 0 Å². The van der Waals surface area contributed by atoms with E-state index in [4.69, 9.17) is 15.2 Å². The molecule has 4 aromatic rings. The fourth-order valence-electron chi connectivity index (χ4n) is 3.44. The lowest BCUT2D eigenvalue weighted by molar-refractivity contribution is -0.432. The lowest BCUT2D eigenvalue weighted by Gasteiger charge is -2.07. The second-order valence-electron chi connectivity index (χ2n) is 5.96. The highest BCUT2D eigenvalue weighted by molar-refractivity contribution is 7.94. The van der Waals surface area contributed by atoms with E-state index in [1.54, 1.807) is 0 Å². The van der Waals surface area contributed by atoms with E-state index < -0.39 is 0 Å². The van der Waals surface area contributed by atoms with Gasteiger partial charge in [-0.3, -0.25) is 0 Å². The largest absolute Gasteiger partial charge is 0.244 e. The normalized spacial score (nSPS) is 12.1. The quantitative estimate of drug-likeness (QED) is 0.276. The average molecular weight is 348 g/mol. The van der Waals surface area contributed by atoms with Crippen LogP contribution in [0, 0.1) is 6.92 Å². The Labute approximate surface area is 147 Å². The number of benzene rings is 3. The van der Waals surface area contributed by atoms with E-state index in [9.17, 15) is 0 Å². The molecule has 25 heavy (non-hydrogen) atoms. The molecule has 0 atom stereocenters. The van der Waals surface area contributed by atoms with E-state index in [1.165, 1.54) is 10.8 Å². The maximum Gasteiger partial charge on any atom is 0.0979 e. The molecule has 0 bridgehead atoms. The highest BCUT2D eigenvalue weighted by atomic mass is 32.2. The molecule has 1 heterocycles. The molecule has 0 saturated carbocycles. The zero-order valence-electron chi connectivity index (χ0n) is 13.2. The van der Waals surface area contributed by atoms with Gasteiger partial charge in [0.1, 0.15) is 0 Å². The molecule has 1 aliphatic carbocycles. The van der Waals surface area contributed by atoms with Gasteiger partial charge in [-0.25, -0.2) is 15.2 Å². The van der Waals surface area contributed by atoms with Gasteiger partial charge in [-0.2, -0.15) is 0 Å². The van der Waals surface area contributed by atoms with E-state index in [0.717, 1.165) is 56.0 Å². The zero-order chi connectivity index (χ0) is 17.0. The first-order valence-corrected chi connectivity index (χ1v) is 8.50. The molecule has 6 heteroatoms. The summed E-state index contributed by atoms with van der Waals surface area (Å²) in [6, 6.07) is 16.4. The fourth-order valence-corrected chi connectivity index (χ4v) is 3.89. The molecular weight excluding hydrogens is 336 g/mol. The fraction of sp³-hybridized carbons (Fsp3) is 0.0526. The first-order valence-electron chi connectivity index (χ1n) is 7.76. The molecule has 0 fully saturated rings. The van der Waals surface area contributed by atoms with Gasteiger partial charge in [-0.15, -0.1) is 4.33 Å². The van der Waals surface area contributed by atoms with Gasteiger partial charge in [0.25, 0.3) is 0 Å². The van der Waals surface area contributed by atoms with Crippen LogP contribution in [0.15, 0.2) is 53.4 Å². The Kier molecular flexibility index (Phi) is 3.26. The van der Waals surface area contributed by atoms with Crippen molar-refractivity contribution in [1.82, 2.24) is 9.97 Å². The molecular formula is C19H12N2O3S. The van der Waals surface area contributed by atoms with Gasteiger partial charge in [-0.1, -0.05) is 41.4 Å². The first-order chi connectivity index (χ1) is 12.3. The molecule has 0 spiro atoms. The van der Waals surface area contributed by atoms with Crippen molar-refractivity contribution in [2.75, 3.05) is 0 Å². The van der Waals surface area contributed by atoms with Crippen LogP contribution in [-0.2, 0) is 9.37 Å².